The SMILES string of the molecule is CC(C)Cc1cc(CNCCN2CCN(C(c3ccccc3)c3ccc(Cl)cc3)CC2)nn1C(C)(C)C. The van der Waals surface area contributed by atoms with Gasteiger partial charge in [-0.2, -0.15) is 5.10 Å². The van der Waals surface area contributed by atoms with Crippen LogP contribution in [0.25, 0.3) is 0 Å². The molecule has 5 nitrogen and oxygen atoms in total. The van der Waals surface area contributed by atoms with Crippen molar-refractivity contribution in [1.82, 2.24) is 24.9 Å². The molecular formula is C31H44ClN5. The Kier molecular flexibility index (Phi) is 9.46. The number of hydrogen-bond acceptors (Lipinski definition) is 4. The predicted octanol–water partition coefficient (Wildman–Crippen LogP) is 5.99. The Morgan fingerprint density at radius 2 is 1.57 bits per heavy atom. The minimum absolute atomic E-state index is 0.00572. The molecule has 4 rings (SSSR count). The molecule has 0 aliphatic carbocycles. The number of piperazine rings is 1. The van der Waals surface area contributed by atoms with E-state index in [-0.39, 0.29) is 11.6 Å². The van der Waals surface area contributed by atoms with Gasteiger partial charge in [-0.25, -0.2) is 0 Å². The molecule has 1 unspecified atom stereocenters. The highest BCUT2D eigenvalue weighted by molar-refractivity contribution is 6.30. The molecule has 200 valence electrons. The van der Waals surface area contributed by atoms with Gasteiger partial charge in [-0.15, -0.1) is 0 Å². The van der Waals surface area contributed by atoms with E-state index < -0.39 is 0 Å². The third-order valence-electron chi connectivity index (χ3n) is 7.07. The van der Waals surface area contributed by atoms with Gasteiger partial charge >= 0.3 is 0 Å². The van der Waals surface area contributed by atoms with Crippen molar-refractivity contribution >= 4 is 11.6 Å². The molecule has 1 saturated heterocycles. The summed E-state index contributed by atoms with van der Waals surface area (Å²) in [6, 6.07) is 21.7. The van der Waals surface area contributed by atoms with Crippen LogP contribution in [0.4, 0.5) is 0 Å². The first-order valence-electron chi connectivity index (χ1n) is 13.8. The molecule has 1 aromatic heterocycles. The first kappa shape index (κ1) is 27.8. The van der Waals surface area contributed by atoms with Crippen molar-refractivity contribution in [3.05, 3.63) is 88.2 Å². The molecule has 0 amide bonds. The fourth-order valence-electron chi connectivity index (χ4n) is 5.30. The molecule has 3 aromatic rings. The van der Waals surface area contributed by atoms with E-state index in [2.05, 4.69) is 103 Å². The van der Waals surface area contributed by atoms with Crippen molar-refractivity contribution in [3.8, 4) is 0 Å². The maximum absolute atomic E-state index is 6.18. The molecule has 2 heterocycles. The molecule has 2 aromatic carbocycles. The number of hydrogen-bond donors (Lipinski definition) is 1. The minimum Gasteiger partial charge on any atom is -0.310 e. The Labute approximate surface area is 228 Å². The number of benzene rings is 2. The van der Waals surface area contributed by atoms with Crippen LogP contribution < -0.4 is 5.32 Å². The zero-order chi connectivity index (χ0) is 26.4. The van der Waals surface area contributed by atoms with Crippen molar-refractivity contribution in [2.24, 2.45) is 5.92 Å². The largest absolute Gasteiger partial charge is 0.310 e. The van der Waals surface area contributed by atoms with Gasteiger partial charge in [-0.3, -0.25) is 14.5 Å². The van der Waals surface area contributed by atoms with Crippen LogP contribution in [-0.2, 0) is 18.5 Å². The second-order valence-corrected chi connectivity index (χ2v) is 12.2. The molecule has 37 heavy (non-hydrogen) atoms. The molecule has 1 fully saturated rings. The first-order chi connectivity index (χ1) is 17.7. The van der Waals surface area contributed by atoms with Gasteiger partial charge in [0.15, 0.2) is 0 Å². The minimum atomic E-state index is 0.00572. The number of nitrogens with one attached hydrogen (secondary N) is 1. The van der Waals surface area contributed by atoms with E-state index in [0.717, 1.165) is 63.0 Å². The van der Waals surface area contributed by atoms with Gasteiger partial charge in [-0.1, -0.05) is 67.9 Å². The van der Waals surface area contributed by atoms with Gasteiger partial charge in [-0.05, 0) is 62.4 Å². The van der Waals surface area contributed by atoms with Gasteiger partial charge in [0.05, 0.1) is 17.3 Å². The molecule has 1 atom stereocenters. The van der Waals surface area contributed by atoms with Crippen molar-refractivity contribution in [3.63, 3.8) is 0 Å². The lowest BCUT2D eigenvalue weighted by atomic mass is 9.96. The third kappa shape index (κ3) is 7.67. The lowest BCUT2D eigenvalue weighted by Gasteiger charge is -2.39. The fourth-order valence-corrected chi connectivity index (χ4v) is 5.43. The van der Waals surface area contributed by atoms with E-state index in [1.54, 1.807) is 0 Å². The summed E-state index contributed by atoms with van der Waals surface area (Å²) in [5.74, 6) is 0.624. The van der Waals surface area contributed by atoms with E-state index in [9.17, 15) is 0 Å². The van der Waals surface area contributed by atoms with Gasteiger partial charge in [0.1, 0.15) is 0 Å². The average Bonchev–Trinajstić information content (AvgIpc) is 3.27. The third-order valence-corrected chi connectivity index (χ3v) is 7.32. The summed E-state index contributed by atoms with van der Waals surface area (Å²) in [5, 5.41) is 9.36. The highest BCUT2D eigenvalue weighted by Gasteiger charge is 2.26. The van der Waals surface area contributed by atoms with Crippen LogP contribution in [0.5, 0.6) is 0 Å². The molecule has 6 heteroatoms. The van der Waals surface area contributed by atoms with Crippen LogP contribution in [-0.4, -0.2) is 58.8 Å². The second-order valence-electron chi connectivity index (χ2n) is 11.7. The molecule has 0 saturated carbocycles. The first-order valence-corrected chi connectivity index (χ1v) is 14.1. The zero-order valence-electron chi connectivity index (χ0n) is 23.3. The Hall–Kier alpha value is -2.18. The Morgan fingerprint density at radius 1 is 0.919 bits per heavy atom. The summed E-state index contributed by atoms with van der Waals surface area (Å²) in [6.07, 6.45) is 1.06. The van der Waals surface area contributed by atoms with E-state index >= 15 is 0 Å². The van der Waals surface area contributed by atoms with Crippen LogP contribution in [0.3, 0.4) is 0 Å². The summed E-state index contributed by atoms with van der Waals surface area (Å²) in [7, 11) is 0. The number of aromatic nitrogens is 2. The lowest BCUT2D eigenvalue weighted by molar-refractivity contribution is 0.110. The summed E-state index contributed by atoms with van der Waals surface area (Å²) >= 11 is 6.18. The quantitative estimate of drug-likeness (QED) is 0.333. The molecule has 0 spiro atoms. The predicted molar refractivity (Wildman–Crippen MR) is 155 cm³/mol. The van der Waals surface area contributed by atoms with E-state index in [1.165, 1.54) is 16.8 Å². The van der Waals surface area contributed by atoms with E-state index in [4.69, 9.17) is 16.7 Å². The van der Waals surface area contributed by atoms with Crippen molar-refractivity contribution in [2.45, 2.75) is 59.2 Å². The maximum atomic E-state index is 6.18. The smallest absolute Gasteiger partial charge is 0.0765 e. The average molecular weight is 522 g/mol. The lowest BCUT2D eigenvalue weighted by Crippen LogP contribution is -2.49. The topological polar surface area (TPSA) is 36.3 Å². The second kappa shape index (κ2) is 12.6. The molecule has 0 bridgehead atoms. The van der Waals surface area contributed by atoms with Gasteiger partial charge in [0.25, 0.3) is 0 Å². The normalized spacial score (nSPS) is 16.4. The van der Waals surface area contributed by atoms with Crippen molar-refractivity contribution in [1.29, 1.82) is 0 Å². The van der Waals surface area contributed by atoms with Crippen molar-refractivity contribution in [2.75, 3.05) is 39.3 Å². The zero-order valence-corrected chi connectivity index (χ0v) is 24.0. The monoisotopic (exact) mass is 521 g/mol. The van der Waals surface area contributed by atoms with Gasteiger partial charge in [0.2, 0.25) is 0 Å². The van der Waals surface area contributed by atoms with Crippen LogP contribution >= 0.6 is 11.6 Å². The fraction of sp³-hybridized carbons (Fsp3) is 0.516. The van der Waals surface area contributed by atoms with E-state index in [0.29, 0.717) is 5.92 Å². The van der Waals surface area contributed by atoms with Crippen LogP contribution in [0.2, 0.25) is 5.02 Å². The summed E-state index contributed by atoms with van der Waals surface area (Å²) < 4.78 is 2.22. The Balaban J connectivity index is 1.29. The maximum Gasteiger partial charge on any atom is 0.0765 e. The van der Waals surface area contributed by atoms with Gasteiger partial charge in [0, 0.05) is 56.5 Å². The standard InChI is InChI=1S/C31H44ClN5/c1-24(2)21-29-22-28(34-37(29)31(3,4)5)23-33-15-16-35-17-19-36(20-18-35)30(25-9-7-6-8-10-25)26-11-13-27(32)14-12-26/h6-14,22,24,30,33H,15-21,23H2,1-5H3. The van der Waals surface area contributed by atoms with Crippen molar-refractivity contribution < 1.29 is 0 Å². The molecular weight excluding hydrogens is 478 g/mol. The summed E-state index contributed by atoms with van der Waals surface area (Å²) in [4.78, 5) is 5.18. The van der Waals surface area contributed by atoms with Crippen LogP contribution in [0.1, 0.15) is 63.2 Å². The molecule has 1 N–H and O–H groups in total. The molecule has 1 aliphatic rings. The Morgan fingerprint density at radius 3 is 2.19 bits per heavy atom. The van der Waals surface area contributed by atoms with Crippen LogP contribution in [0.15, 0.2) is 60.7 Å². The Bertz CT molecular complexity index is 1090. The highest BCUT2D eigenvalue weighted by Crippen LogP contribution is 2.30. The van der Waals surface area contributed by atoms with Crippen LogP contribution in [0, 0.1) is 5.92 Å². The summed E-state index contributed by atoms with van der Waals surface area (Å²) in [6.45, 7) is 18.4. The number of rotatable bonds is 10. The molecule has 1 aliphatic heterocycles. The van der Waals surface area contributed by atoms with E-state index in [1.807, 2.05) is 12.1 Å². The molecule has 0 radical (unpaired) electrons. The summed E-state index contributed by atoms with van der Waals surface area (Å²) in [5.41, 5.74) is 5.13. The van der Waals surface area contributed by atoms with Gasteiger partial charge < -0.3 is 5.32 Å². The number of halogens is 1. The number of nitrogens with zero attached hydrogens (tertiary/aromatic N) is 4. The highest BCUT2D eigenvalue weighted by atomic mass is 35.5.